The molecule has 9 aromatic carbocycles. The van der Waals surface area contributed by atoms with Crippen molar-refractivity contribution in [1.82, 2.24) is 19.5 Å². The lowest BCUT2D eigenvalue weighted by Crippen LogP contribution is -2.07. The third kappa shape index (κ3) is 5.31. The van der Waals surface area contributed by atoms with Crippen molar-refractivity contribution in [2.75, 3.05) is 0 Å². The van der Waals surface area contributed by atoms with Crippen molar-refractivity contribution in [3.05, 3.63) is 182 Å². The van der Waals surface area contributed by atoms with Gasteiger partial charge < -0.3 is 13.3 Å². The molecule has 302 valence electrons. The fourth-order valence-corrected chi connectivity index (χ4v) is 9.67. The first-order valence-corrected chi connectivity index (χ1v) is 21.7. The predicted octanol–water partition coefficient (Wildman–Crippen LogP) is 15.8. The van der Waals surface area contributed by atoms with E-state index >= 15 is 0 Å². The van der Waals surface area contributed by atoms with Crippen LogP contribution < -0.4 is 0 Å². The van der Waals surface area contributed by atoms with Crippen LogP contribution in [0.5, 0.6) is 0 Å². The van der Waals surface area contributed by atoms with Gasteiger partial charge in [0.25, 0.3) is 0 Å². The number of furan rings is 3. The van der Waals surface area contributed by atoms with Gasteiger partial charge in [-0.3, -0.25) is 4.57 Å². The second kappa shape index (κ2) is 14.0. The van der Waals surface area contributed by atoms with Crippen molar-refractivity contribution in [1.29, 1.82) is 0 Å². The quantitative estimate of drug-likeness (QED) is 0.176. The molecule has 0 atom stereocenters. The van der Waals surface area contributed by atoms with Crippen LogP contribution >= 0.6 is 0 Å². The van der Waals surface area contributed by atoms with Crippen molar-refractivity contribution >= 4 is 98.4 Å². The van der Waals surface area contributed by atoms with Crippen LogP contribution in [0, 0.1) is 0 Å². The minimum atomic E-state index is 0.485. The van der Waals surface area contributed by atoms with Crippen LogP contribution in [-0.2, 0) is 0 Å². The molecule has 0 saturated carbocycles. The maximum absolute atomic E-state index is 6.68. The van der Waals surface area contributed by atoms with Gasteiger partial charge in [0.15, 0.2) is 11.6 Å². The van der Waals surface area contributed by atoms with Crippen LogP contribution in [0.3, 0.4) is 0 Å². The Morgan fingerprint density at radius 1 is 0.375 bits per heavy atom. The molecule has 7 nitrogen and oxygen atoms in total. The topological polar surface area (TPSA) is 83.0 Å². The third-order valence-electron chi connectivity index (χ3n) is 12.5. The zero-order valence-electron chi connectivity index (χ0n) is 34.8. The molecule has 0 aliphatic carbocycles. The van der Waals surface area contributed by atoms with Crippen LogP contribution in [-0.4, -0.2) is 19.5 Å². The monoisotopic (exact) mass is 824 g/mol. The summed E-state index contributed by atoms with van der Waals surface area (Å²) in [5, 5.41) is 10.8. The van der Waals surface area contributed by atoms with Crippen LogP contribution in [0.4, 0.5) is 0 Å². The Hall–Kier alpha value is -8.55. The Balaban J connectivity index is 0.00000204. The Bertz CT molecular complexity index is 4060. The fraction of sp³-hybridized carbons (Fsp3) is 0.0351. The minimum Gasteiger partial charge on any atom is -0.456 e. The second-order valence-electron chi connectivity index (χ2n) is 15.9. The van der Waals surface area contributed by atoms with E-state index in [1.165, 1.54) is 0 Å². The van der Waals surface area contributed by atoms with Gasteiger partial charge >= 0.3 is 0 Å². The summed E-state index contributed by atoms with van der Waals surface area (Å²) in [5.41, 5.74) is 10.4. The molecule has 0 spiro atoms. The number of para-hydroxylation sites is 5. The Morgan fingerprint density at radius 2 is 0.875 bits per heavy atom. The molecule has 64 heavy (non-hydrogen) atoms. The number of hydrogen-bond acceptors (Lipinski definition) is 6. The van der Waals surface area contributed by atoms with E-state index in [2.05, 4.69) is 126 Å². The molecule has 0 N–H and O–H groups in total. The SMILES string of the molecule is CC.c1ccc2c(c1)ccc1c2c2cccc(-c3cccc4c3oc3ccccc34)c2n1-c1nc(-c2ccc3c(c2)oc2ccccc23)nc(-c2ccc3c(c2)oc2ccccc23)n1. The first-order chi connectivity index (χ1) is 31.7. The zero-order chi connectivity index (χ0) is 42.5. The number of benzene rings is 9. The van der Waals surface area contributed by atoms with Crippen LogP contribution in [0.2, 0.25) is 0 Å². The highest BCUT2D eigenvalue weighted by atomic mass is 16.3. The van der Waals surface area contributed by atoms with Gasteiger partial charge in [-0.25, -0.2) is 4.98 Å². The van der Waals surface area contributed by atoms with Crippen LogP contribution in [0.15, 0.2) is 195 Å². The molecule has 0 radical (unpaired) electrons. The molecule has 0 amide bonds. The molecule has 0 fully saturated rings. The molecule has 0 saturated heterocycles. The van der Waals surface area contributed by atoms with E-state index in [1.54, 1.807) is 0 Å². The van der Waals surface area contributed by atoms with Crippen LogP contribution in [0.1, 0.15) is 13.8 Å². The highest BCUT2D eigenvalue weighted by Gasteiger charge is 2.24. The van der Waals surface area contributed by atoms with Gasteiger partial charge in [0, 0.05) is 65.3 Å². The maximum atomic E-state index is 6.68. The summed E-state index contributed by atoms with van der Waals surface area (Å²) in [4.78, 5) is 16.0. The van der Waals surface area contributed by atoms with Crippen molar-refractivity contribution in [2.45, 2.75) is 13.8 Å². The Morgan fingerprint density at radius 3 is 1.52 bits per heavy atom. The predicted molar refractivity (Wildman–Crippen MR) is 261 cm³/mol. The standard InChI is InChI=1S/C55H30N4O3.C2H6/c1-2-12-34-31(11-1)25-28-44-50(34)43-19-9-16-40(42-18-10-17-41-37-15-5-8-22-47(37)62-52(41)42)51(43)59(44)55-57-53(32-23-26-38-35-13-3-6-20-45(35)60-48(38)29-32)56-54(58-55)33-24-27-39-36-14-4-7-21-46(36)61-49(39)30-33;1-2/h1-30H;1-2H3. The second-order valence-corrected chi connectivity index (χ2v) is 15.9. The molecule has 14 aromatic rings. The molecule has 0 bridgehead atoms. The van der Waals surface area contributed by atoms with Gasteiger partial charge in [-0.1, -0.05) is 147 Å². The number of aromatic nitrogens is 4. The normalized spacial score (nSPS) is 11.9. The largest absolute Gasteiger partial charge is 0.456 e. The lowest BCUT2D eigenvalue weighted by atomic mass is 9.98. The molecular weight excluding hydrogens is 789 g/mol. The number of hydrogen-bond donors (Lipinski definition) is 0. The minimum absolute atomic E-state index is 0.485. The van der Waals surface area contributed by atoms with E-state index in [0.717, 1.165) is 121 Å². The smallest absolute Gasteiger partial charge is 0.238 e. The first-order valence-electron chi connectivity index (χ1n) is 21.7. The molecule has 0 aliphatic rings. The highest BCUT2D eigenvalue weighted by molar-refractivity contribution is 6.24. The zero-order valence-corrected chi connectivity index (χ0v) is 34.8. The van der Waals surface area contributed by atoms with E-state index in [9.17, 15) is 0 Å². The van der Waals surface area contributed by atoms with Gasteiger partial charge in [-0.15, -0.1) is 0 Å². The van der Waals surface area contributed by atoms with Gasteiger partial charge in [0.05, 0.1) is 11.0 Å². The summed E-state index contributed by atoms with van der Waals surface area (Å²) in [5.74, 6) is 1.52. The van der Waals surface area contributed by atoms with Crippen molar-refractivity contribution in [3.63, 3.8) is 0 Å². The van der Waals surface area contributed by atoms with E-state index < -0.39 is 0 Å². The lowest BCUT2D eigenvalue weighted by Gasteiger charge is -2.13. The summed E-state index contributed by atoms with van der Waals surface area (Å²) in [6, 6.07) is 62.7. The molecule has 14 rings (SSSR count). The average Bonchev–Trinajstić information content (AvgIpc) is 4.13. The summed E-state index contributed by atoms with van der Waals surface area (Å²) < 4.78 is 21.7. The van der Waals surface area contributed by atoms with Gasteiger partial charge in [0.1, 0.15) is 33.5 Å². The van der Waals surface area contributed by atoms with E-state index in [0.29, 0.717) is 17.6 Å². The third-order valence-corrected chi connectivity index (χ3v) is 12.5. The maximum Gasteiger partial charge on any atom is 0.238 e. The average molecular weight is 825 g/mol. The summed E-state index contributed by atoms with van der Waals surface area (Å²) in [6.07, 6.45) is 0. The summed E-state index contributed by atoms with van der Waals surface area (Å²) >= 11 is 0. The van der Waals surface area contributed by atoms with Crippen LogP contribution in [0.25, 0.3) is 138 Å². The summed E-state index contributed by atoms with van der Waals surface area (Å²) in [6.45, 7) is 4.00. The van der Waals surface area contributed by atoms with E-state index in [-0.39, 0.29) is 0 Å². The number of nitrogens with zero attached hydrogens (tertiary/aromatic N) is 4. The molecule has 7 heteroatoms. The van der Waals surface area contributed by atoms with Crippen molar-refractivity contribution in [2.24, 2.45) is 0 Å². The van der Waals surface area contributed by atoms with Crippen molar-refractivity contribution in [3.8, 4) is 39.9 Å². The molecule has 0 aliphatic heterocycles. The lowest BCUT2D eigenvalue weighted by molar-refractivity contribution is 0.668. The number of fused-ring (bicyclic) bond motifs is 14. The molecule has 5 aromatic heterocycles. The Labute approximate surface area is 365 Å². The number of rotatable bonds is 4. The first kappa shape index (κ1) is 36.1. The van der Waals surface area contributed by atoms with E-state index in [4.69, 9.17) is 28.2 Å². The Kier molecular flexibility index (Phi) is 7.90. The van der Waals surface area contributed by atoms with Gasteiger partial charge in [-0.2, -0.15) is 9.97 Å². The summed E-state index contributed by atoms with van der Waals surface area (Å²) in [7, 11) is 0. The van der Waals surface area contributed by atoms with Gasteiger partial charge in [0.2, 0.25) is 5.95 Å². The molecule has 0 unspecified atom stereocenters. The molecule has 5 heterocycles. The fourth-order valence-electron chi connectivity index (χ4n) is 9.67. The van der Waals surface area contributed by atoms with E-state index in [1.807, 2.05) is 74.5 Å². The highest BCUT2D eigenvalue weighted by Crippen LogP contribution is 2.44. The molecular formula is C57H36N4O3. The van der Waals surface area contributed by atoms with Gasteiger partial charge in [-0.05, 0) is 59.3 Å². The van der Waals surface area contributed by atoms with Crippen molar-refractivity contribution < 1.29 is 13.3 Å².